The molecule has 1 aromatic carbocycles. The lowest BCUT2D eigenvalue weighted by atomic mass is 10.0. The molecule has 1 amide bonds. The Balaban J connectivity index is 2.04. The summed E-state index contributed by atoms with van der Waals surface area (Å²) in [6, 6.07) is 7.56. The van der Waals surface area contributed by atoms with Crippen LogP contribution in [0.1, 0.15) is 15.9 Å². The molecule has 1 fully saturated rings. The molecule has 6 nitrogen and oxygen atoms in total. The van der Waals surface area contributed by atoms with Gasteiger partial charge in [-0.3, -0.25) is 9.59 Å². The molecule has 2 rings (SSSR count). The summed E-state index contributed by atoms with van der Waals surface area (Å²) in [7, 11) is 0. The highest BCUT2D eigenvalue weighted by molar-refractivity contribution is 5.94. The molecule has 1 aliphatic rings. The summed E-state index contributed by atoms with van der Waals surface area (Å²) < 4.78 is 5.07. The number of hydrogen-bond acceptors (Lipinski definition) is 4. The minimum absolute atomic E-state index is 0.105. The van der Waals surface area contributed by atoms with Crippen molar-refractivity contribution in [1.29, 1.82) is 5.26 Å². The van der Waals surface area contributed by atoms with E-state index in [1.807, 2.05) is 6.07 Å². The van der Waals surface area contributed by atoms with E-state index in [-0.39, 0.29) is 19.1 Å². The standard InChI is InChI=1S/C13H12N2O4/c14-5-8-1-3-9(4-2-8)12(16)15-11-7-19-6-10(11)13(17)18/h1-4,10-11H,6-7H2,(H,15,16)(H,17,18). The number of nitrogens with zero attached hydrogens (tertiary/aromatic N) is 1. The predicted molar refractivity (Wildman–Crippen MR) is 64.4 cm³/mol. The highest BCUT2D eigenvalue weighted by Gasteiger charge is 2.35. The fourth-order valence-corrected chi connectivity index (χ4v) is 1.89. The molecule has 0 spiro atoms. The maximum absolute atomic E-state index is 11.9. The summed E-state index contributed by atoms with van der Waals surface area (Å²) >= 11 is 0. The Kier molecular flexibility index (Phi) is 3.78. The molecule has 98 valence electrons. The Morgan fingerprint density at radius 3 is 2.58 bits per heavy atom. The second kappa shape index (κ2) is 5.50. The molecule has 2 N–H and O–H groups in total. The smallest absolute Gasteiger partial charge is 0.311 e. The normalized spacial score (nSPS) is 21.6. The van der Waals surface area contributed by atoms with E-state index in [9.17, 15) is 9.59 Å². The lowest BCUT2D eigenvalue weighted by Crippen LogP contribution is -2.42. The van der Waals surface area contributed by atoms with Gasteiger partial charge in [-0.15, -0.1) is 0 Å². The monoisotopic (exact) mass is 260 g/mol. The number of ether oxygens (including phenoxy) is 1. The van der Waals surface area contributed by atoms with Gasteiger partial charge in [0.2, 0.25) is 0 Å². The van der Waals surface area contributed by atoms with Crippen LogP contribution in [0.3, 0.4) is 0 Å². The van der Waals surface area contributed by atoms with Crippen molar-refractivity contribution in [3.05, 3.63) is 35.4 Å². The van der Waals surface area contributed by atoms with Crippen molar-refractivity contribution in [3.8, 4) is 6.07 Å². The largest absolute Gasteiger partial charge is 0.481 e. The van der Waals surface area contributed by atoms with Gasteiger partial charge in [0.15, 0.2) is 0 Å². The van der Waals surface area contributed by atoms with E-state index in [1.54, 1.807) is 0 Å². The van der Waals surface area contributed by atoms with Crippen LogP contribution in [-0.2, 0) is 9.53 Å². The first-order valence-corrected chi connectivity index (χ1v) is 5.73. The number of aliphatic carboxylic acids is 1. The SMILES string of the molecule is N#Cc1ccc(C(=O)NC2COCC2C(=O)O)cc1. The zero-order valence-electron chi connectivity index (χ0n) is 10.00. The van der Waals surface area contributed by atoms with Crippen LogP contribution in [0.4, 0.5) is 0 Å². The number of carboxylic acids is 1. The molecular weight excluding hydrogens is 248 g/mol. The van der Waals surface area contributed by atoms with E-state index in [2.05, 4.69) is 5.32 Å². The van der Waals surface area contributed by atoms with Crippen LogP contribution in [0, 0.1) is 17.2 Å². The zero-order chi connectivity index (χ0) is 13.8. The van der Waals surface area contributed by atoms with Crippen LogP contribution >= 0.6 is 0 Å². The van der Waals surface area contributed by atoms with Crippen LogP contribution in [0.25, 0.3) is 0 Å². The lowest BCUT2D eigenvalue weighted by molar-refractivity contribution is -0.142. The van der Waals surface area contributed by atoms with Gasteiger partial charge in [-0.05, 0) is 24.3 Å². The molecule has 19 heavy (non-hydrogen) atoms. The molecule has 1 heterocycles. The van der Waals surface area contributed by atoms with E-state index in [1.165, 1.54) is 24.3 Å². The number of benzene rings is 1. The third-order valence-corrected chi connectivity index (χ3v) is 2.99. The van der Waals surface area contributed by atoms with Gasteiger partial charge in [0.25, 0.3) is 5.91 Å². The van der Waals surface area contributed by atoms with Gasteiger partial charge in [-0.1, -0.05) is 0 Å². The second-order valence-corrected chi connectivity index (χ2v) is 4.25. The molecule has 0 aromatic heterocycles. The van der Waals surface area contributed by atoms with Crippen LogP contribution in [0.5, 0.6) is 0 Å². The Morgan fingerprint density at radius 1 is 1.32 bits per heavy atom. The number of carbonyl (C=O) groups is 2. The van der Waals surface area contributed by atoms with E-state index >= 15 is 0 Å². The molecular formula is C13H12N2O4. The highest BCUT2D eigenvalue weighted by atomic mass is 16.5. The van der Waals surface area contributed by atoms with Crippen molar-refractivity contribution in [1.82, 2.24) is 5.32 Å². The fourth-order valence-electron chi connectivity index (χ4n) is 1.89. The Bertz CT molecular complexity index is 533. The summed E-state index contributed by atoms with van der Waals surface area (Å²) in [5.41, 5.74) is 0.846. The number of hydrogen-bond donors (Lipinski definition) is 2. The number of nitriles is 1. The fraction of sp³-hybridized carbons (Fsp3) is 0.308. The maximum Gasteiger partial charge on any atom is 0.311 e. The van der Waals surface area contributed by atoms with Crippen LogP contribution in [0.15, 0.2) is 24.3 Å². The minimum Gasteiger partial charge on any atom is -0.481 e. The highest BCUT2D eigenvalue weighted by Crippen LogP contribution is 2.14. The lowest BCUT2D eigenvalue weighted by Gasteiger charge is -2.15. The Labute approximate surface area is 109 Å². The predicted octanol–water partition coefficient (Wildman–Crippen LogP) is 0.388. The maximum atomic E-state index is 11.9. The van der Waals surface area contributed by atoms with E-state index in [0.29, 0.717) is 11.1 Å². The minimum atomic E-state index is -0.984. The molecule has 1 saturated heterocycles. The molecule has 1 aliphatic heterocycles. The van der Waals surface area contributed by atoms with Crippen molar-refractivity contribution in [2.75, 3.05) is 13.2 Å². The number of carboxylic acid groups (broad SMARTS) is 1. The van der Waals surface area contributed by atoms with E-state index in [4.69, 9.17) is 15.1 Å². The summed E-state index contributed by atoms with van der Waals surface area (Å²) in [6.45, 7) is 0.298. The number of amides is 1. The molecule has 6 heteroatoms. The van der Waals surface area contributed by atoms with E-state index < -0.39 is 17.9 Å². The van der Waals surface area contributed by atoms with Crippen LogP contribution in [0.2, 0.25) is 0 Å². The van der Waals surface area contributed by atoms with Gasteiger partial charge in [0.1, 0.15) is 5.92 Å². The molecule has 2 unspecified atom stereocenters. The molecule has 0 aliphatic carbocycles. The van der Waals surface area contributed by atoms with Crippen LogP contribution in [-0.4, -0.2) is 36.2 Å². The third-order valence-electron chi connectivity index (χ3n) is 2.99. The van der Waals surface area contributed by atoms with E-state index in [0.717, 1.165) is 0 Å². The van der Waals surface area contributed by atoms with Gasteiger partial charge in [-0.25, -0.2) is 0 Å². The molecule has 1 aromatic rings. The van der Waals surface area contributed by atoms with Gasteiger partial charge < -0.3 is 15.2 Å². The topological polar surface area (TPSA) is 99.4 Å². The second-order valence-electron chi connectivity index (χ2n) is 4.25. The number of rotatable bonds is 3. The Hall–Kier alpha value is -2.39. The number of nitrogens with one attached hydrogen (secondary N) is 1. The van der Waals surface area contributed by atoms with Crippen molar-refractivity contribution in [2.45, 2.75) is 6.04 Å². The Morgan fingerprint density at radius 2 is 2.00 bits per heavy atom. The molecule has 0 bridgehead atoms. The van der Waals surface area contributed by atoms with Crippen molar-refractivity contribution in [2.24, 2.45) is 5.92 Å². The van der Waals surface area contributed by atoms with Crippen molar-refractivity contribution < 1.29 is 19.4 Å². The molecule has 0 saturated carbocycles. The summed E-state index contributed by atoms with van der Waals surface area (Å²) in [4.78, 5) is 22.9. The zero-order valence-corrected chi connectivity index (χ0v) is 10.00. The molecule has 0 radical (unpaired) electrons. The summed E-state index contributed by atoms with van der Waals surface area (Å²) in [5, 5.41) is 20.3. The third kappa shape index (κ3) is 2.89. The van der Waals surface area contributed by atoms with Gasteiger partial charge >= 0.3 is 5.97 Å². The number of carbonyl (C=O) groups excluding carboxylic acids is 1. The van der Waals surface area contributed by atoms with Gasteiger partial charge in [0, 0.05) is 5.56 Å². The molecule has 2 atom stereocenters. The average molecular weight is 260 g/mol. The van der Waals surface area contributed by atoms with Crippen molar-refractivity contribution in [3.63, 3.8) is 0 Å². The quantitative estimate of drug-likeness (QED) is 0.818. The summed E-state index contributed by atoms with van der Waals surface area (Å²) in [5.74, 6) is -2.07. The van der Waals surface area contributed by atoms with Crippen LogP contribution < -0.4 is 5.32 Å². The average Bonchev–Trinajstić information content (AvgIpc) is 2.87. The van der Waals surface area contributed by atoms with Gasteiger partial charge in [-0.2, -0.15) is 5.26 Å². The first-order chi connectivity index (χ1) is 9.11. The van der Waals surface area contributed by atoms with Gasteiger partial charge in [0.05, 0.1) is 30.9 Å². The first kappa shape index (κ1) is 13.1. The summed E-state index contributed by atoms with van der Waals surface area (Å²) in [6.07, 6.45) is 0. The first-order valence-electron chi connectivity index (χ1n) is 5.73. The van der Waals surface area contributed by atoms with Crippen molar-refractivity contribution >= 4 is 11.9 Å².